The first-order valence-corrected chi connectivity index (χ1v) is 7.27. The molecule has 1 saturated heterocycles. The highest BCUT2D eigenvalue weighted by Gasteiger charge is 2.27. The third-order valence-electron chi connectivity index (χ3n) is 3.69. The molecule has 0 spiro atoms. The van der Waals surface area contributed by atoms with Crippen molar-refractivity contribution in [1.82, 2.24) is 15.2 Å². The largest absolute Gasteiger partial charge is 0.467 e. The minimum atomic E-state index is -0.594. The molecule has 1 unspecified atom stereocenters. The maximum atomic E-state index is 10.7. The summed E-state index contributed by atoms with van der Waals surface area (Å²) in [6, 6.07) is 3.63. The second-order valence-electron chi connectivity index (χ2n) is 5.40. The fourth-order valence-corrected chi connectivity index (χ4v) is 2.72. The number of nitrogens with zero attached hydrogens (tertiary/aromatic N) is 4. The fraction of sp³-hybridized carbons (Fsp3) is 0.615. The Kier molecular flexibility index (Phi) is 4.54. The van der Waals surface area contributed by atoms with Gasteiger partial charge in [-0.2, -0.15) is 0 Å². The number of nitrogens with one attached hydrogen (secondary N) is 1. The van der Waals surface area contributed by atoms with Gasteiger partial charge in [0.25, 0.3) is 5.96 Å². The van der Waals surface area contributed by atoms with Crippen LogP contribution in [0.25, 0.3) is 0 Å². The van der Waals surface area contributed by atoms with Crippen LogP contribution in [0, 0.1) is 10.1 Å². The lowest BCUT2D eigenvalue weighted by atomic mass is 10.2. The lowest BCUT2D eigenvalue weighted by Gasteiger charge is -2.34. The molecular weight excluding hydrogens is 290 g/mol. The van der Waals surface area contributed by atoms with Gasteiger partial charge in [-0.05, 0) is 25.0 Å². The molecule has 0 bridgehead atoms. The summed E-state index contributed by atoms with van der Waals surface area (Å²) in [6.07, 6.45) is 3.96. The van der Waals surface area contributed by atoms with E-state index >= 15 is 0 Å². The maximum absolute atomic E-state index is 10.7. The number of hydrazine groups is 1. The van der Waals surface area contributed by atoms with Crippen LogP contribution >= 0.6 is 0 Å². The van der Waals surface area contributed by atoms with Gasteiger partial charge in [0.1, 0.15) is 5.76 Å². The van der Waals surface area contributed by atoms with Gasteiger partial charge >= 0.3 is 0 Å². The van der Waals surface area contributed by atoms with Gasteiger partial charge in [-0.25, -0.2) is 15.1 Å². The highest BCUT2D eigenvalue weighted by atomic mass is 16.7. The maximum Gasteiger partial charge on any atom is 0.259 e. The molecule has 0 aromatic carbocycles. The average molecular weight is 309 g/mol. The molecule has 1 N–H and O–H groups in total. The fourth-order valence-electron chi connectivity index (χ4n) is 2.72. The van der Waals surface area contributed by atoms with Crippen LogP contribution in [-0.4, -0.2) is 53.4 Å². The Morgan fingerprint density at radius 2 is 2.45 bits per heavy atom. The summed E-state index contributed by atoms with van der Waals surface area (Å²) in [5.41, 5.74) is 2.16. The van der Waals surface area contributed by atoms with E-state index in [2.05, 4.69) is 15.3 Å². The van der Waals surface area contributed by atoms with Crippen molar-refractivity contribution in [2.24, 2.45) is 4.99 Å². The van der Waals surface area contributed by atoms with Crippen LogP contribution in [0.5, 0.6) is 0 Å². The first kappa shape index (κ1) is 14.8. The van der Waals surface area contributed by atoms with E-state index in [1.165, 1.54) is 0 Å². The van der Waals surface area contributed by atoms with Crippen molar-refractivity contribution in [3.8, 4) is 0 Å². The number of hydrogen-bond acceptors (Lipinski definition) is 7. The molecule has 1 aromatic heterocycles. The van der Waals surface area contributed by atoms with Crippen LogP contribution in [0.15, 0.2) is 27.8 Å². The third kappa shape index (κ3) is 3.74. The van der Waals surface area contributed by atoms with Crippen LogP contribution in [0.3, 0.4) is 0 Å². The standard InChI is InChI=1S/C13H19N5O4/c19-18(20)15-13-14-9-16(7-11-3-1-5-21-11)10-17(13)8-12-4-2-6-22-12/h2,4,6,11H,1,3,5,7-10H2,(H,14,15). The van der Waals surface area contributed by atoms with Gasteiger partial charge in [-0.15, -0.1) is 0 Å². The molecule has 120 valence electrons. The smallest absolute Gasteiger partial charge is 0.259 e. The number of furan rings is 1. The molecule has 0 aliphatic carbocycles. The van der Waals surface area contributed by atoms with Crippen LogP contribution < -0.4 is 5.43 Å². The van der Waals surface area contributed by atoms with E-state index < -0.39 is 5.03 Å². The van der Waals surface area contributed by atoms with Crippen molar-refractivity contribution < 1.29 is 14.2 Å². The summed E-state index contributed by atoms with van der Waals surface area (Å²) in [7, 11) is 0. The molecule has 2 aliphatic heterocycles. The van der Waals surface area contributed by atoms with E-state index in [1.807, 2.05) is 6.07 Å². The van der Waals surface area contributed by atoms with E-state index in [9.17, 15) is 10.1 Å². The van der Waals surface area contributed by atoms with Gasteiger partial charge in [0.15, 0.2) is 5.03 Å². The first-order valence-electron chi connectivity index (χ1n) is 7.27. The molecule has 9 heteroatoms. The van der Waals surface area contributed by atoms with Crippen LogP contribution in [-0.2, 0) is 11.3 Å². The molecule has 1 atom stereocenters. The zero-order valence-corrected chi connectivity index (χ0v) is 12.2. The quantitative estimate of drug-likeness (QED) is 0.629. The molecule has 1 fully saturated rings. The summed E-state index contributed by atoms with van der Waals surface area (Å²) >= 11 is 0. The molecular formula is C13H19N5O4. The molecule has 3 heterocycles. The summed E-state index contributed by atoms with van der Waals surface area (Å²) < 4.78 is 11.0. The van der Waals surface area contributed by atoms with Crippen molar-refractivity contribution >= 4 is 5.96 Å². The number of aliphatic imine (C=N–C) groups is 1. The van der Waals surface area contributed by atoms with Crippen molar-refractivity contribution in [2.45, 2.75) is 25.5 Å². The Morgan fingerprint density at radius 3 is 3.14 bits per heavy atom. The minimum Gasteiger partial charge on any atom is -0.467 e. The molecule has 9 nitrogen and oxygen atoms in total. The van der Waals surface area contributed by atoms with Crippen molar-refractivity contribution in [2.75, 3.05) is 26.5 Å². The highest BCUT2D eigenvalue weighted by Crippen LogP contribution is 2.16. The Balaban J connectivity index is 1.65. The second kappa shape index (κ2) is 6.75. The number of guanidine groups is 1. The normalized spacial score (nSPS) is 22.6. The lowest BCUT2D eigenvalue weighted by Crippen LogP contribution is -2.53. The first-order chi connectivity index (χ1) is 10.7. The molecule has 2 aliphatic rings. The van der Waals surface area contributed by atoms with Gasteiger partial charge < -0.3 is 14.1 Å². The number of ether oxygens (including phenoxy) is 1. The third-order valence-corrected chi connectivity index (χ3v) is 3.69. The topological polar surface area (TPSA) is 96.4 Å². The predicted molar refractivity (Wildman–Crippen MR) is 77.2 cm³/mol. The second-order valence-corrected chi connectivity index (χ2v) is 5.40. The van der Waals surface area contributed by atoms with Crippen LogP contribution in [0.1, 0.15) is 18.6 Å². The lowest BCUT2D eigenvalue weighted by molar-refractivity contribution is -0.526. The van der Waals surface area contributed by atoms with Crippen LogP contribution in [0.4, 0.5) is 0 Å². The van der Waals surface area contributed by atoms with E-state index in [1.54, 1.807) is 17.2 Å². The van der Waals surface area contributed by atoms with Gasteiger partial charge in [-0.3, -0.25) is 4.90 Å². The Morgan fingerprint density at radius 1 is 1.55 bits per heavy atom. The number of hydrogen-bond donors (Lipinski definition) is 1. The van der Waals surface area contributed by atoms with Gasteiger partial charge in [0, 0.05) is 13.2 Å². The molecule has 0 amide bonds. The highest BCUT2D eigenvalue weighted by molar-refractivity contribution is 5.79. The van der Waals surface area contributed by atoms with Gasteiger partial charge in [0.05, 0.1) is 32.2 Å². The SMILES string of the molecule is O=[N+]([O-])NC1=NCN(CC2CCCO2)CN1Cc1ccco1. The molecule has 0 saturated carbocycles. The van der Waals surface area contributed by atoms with Crippen LogP contribution in [0.2, 0.25) is 0 Å². The van der Waals surface area contributed by atoms with Gasteiger partial charge in [-0.1, -0.05) is 5.43 Å². The van der Waals surface area contributed by atoms with Gasteiger partial charge in [0.2, 0.25) is 0 Å². The summed E-state index contributed by atoms with van der Waals surface area (Å²) in [4.78, 5) is 18.9. The summed E-state index contributed by atoms with van der Waals surface area (Å²) in [5.74, 6) is 0.988. The van der Waals surface area contributed by atoms with E-state index in [-0.39, 0.29) is 12.1 Å². The molecule has 22 heavy (non-hydrogen) atoms. The minimum absolute atomic E-state index is 0.227. The summed E-state index contributed by atoms with van der Waals surface area (Å²) in [5, 5.41) is 10.1. The molecule has 3 rings (SSSR count). The van der Waals surface area contributed by atoms with Crippen molar-refractivity contribution in [3.63, 3.8) is 0 Å². The Bertz CT molecular complexity index is 527. The van der Waals surface area contributed by atoms with E-state index in [0.717, 1.165) is 31.8 Å². The zero-order chi connectivity index (χ0) is 15.4. The number of rotatable bonds is 5. The zero-order valence-electron chi connectivity index (χ0n) is 12.2. The predicted octanol–water partition coefficient (Wildman–Crippen LogP) is 0.628. The monoisotopic (exact) mass is 309 g/mol. The van der Waals surface area contributed by atoms with Crippen molar-refractivity contribution in [3.05, 3.63) is 34.3 Å². The van der Waals surface area contributed by atoms with E-state index in [0.29, 0.717) is 19.9 Å². The molecule has 0 radical (unpaired) electrons. The van der Waals surface area contributed by atoms with E-state index in [4.69, 9.17) is 9.15 Å². The molecule has 1 aromatic rings. The average Bonchev–Trinajstić information content (AvgIpc) is 3.15. The Hall–Kier alpha value is -2.13. The Labute approximate surface area is 127 Å². The van der Waals surface area contributed by atoms with Crippen molar-refractivity contribution in [1.29, 1.82) is 0 Å². The number of nitro groups is 1. The summed E-state index contributed by atoms with van der Waals surface area (Å²) in [6.45, 7) is 2.98.